The molecule has 0 radical (unpaired) electrons. The van der Waals surface area contributed by atoms with Crippen molar-refractivity contribution in [3.8, 4) is 11.8 Å². The molecule has 0 spiro atoms. The minimum atomic E-state index is -6.07. The van der Waals surface area contributed by atoms with Crippen molar-refractivity contribution < 1.29 is 39.9 Å². The number of alkyl halides is 6. The Labute approximate surface area is 202 Å². The average molecular weight is 541 g/mol. The van der Waals surface area contributed by atoms with E-state index in [0.717, 1.165) is 4.31 Å². The van der Waals surface area contributed by atoms with Crippen LogP contribution in [0.5, 0.6) is 0 Å². The molecule has 0 aromatic carbocycles. The maximum Gasteiger partial charge on any atom is 0.430 e. The lowest BCUT2D eigenvalue weighted by molar-refractivity contribution is -0.376. The summed E-state index contributed by atoms with van der Waals surface area (Å²) in [5.41, 5.74) is -6.76. The highest BCUT2D eigenvalue weighted by atomic mass is 32.2. The van der Waals surface area contributed by atoms with E-state index in [-0.39, 0.29) is 47.7 Å². The van der Waals surface area contributed by atoms with Crippen molar-refractivity contribution in [2.45, 2.75) is 37.3 Å². The number of rotatable bonds is 4. The zero-order chi connectivity index (χ0) is 26.2. The van der Waals surface area contributed by atoms with Crippen LogP contribution in [0.15, 0.2) is 35.5 Å². The fourth-order valence-electron chi connectivity index (χ4n) is 3.54. The third-order valence-electron chi connectivity index (χ3n) is 5.37. The predicted molar refractivity (Wildman–Crippen MR) is 118 cm³/mol. The van der Waals surface area contributed by atoms with Crippen molar-refractivity contribution in [1.82, 2.24) is 14.3 Å². The normalized spacial score (nSPS) is 20.3. The number of nitrogens with zero attached hydrogens (tertiary/aromatic N) is 4. The van der Waals surface area contributed by atoms with E-state index in [0.29, 0.717) is 6.42 Å². The van der Waals surface area contributed by atoms with E-state index in [9.17, 15) is 39.9 Å². The Morgan fingerprint density at radius 1 is 1.11 bits per heavy atom. The number of hydrogen-bond donors (Lipinski definition) is 1. The van der Waals surface area contributed by atoms with Gasteiger partial charge in [-0.05, 0) is 13.0 Å². The van der Waals surface area contributed by atoms with Crippen molar-refractivity contribution in [1.29, 1.82) is 0 Å². The van der Waals surface area contributed by atoms with E-state index in [1.165, 1.54) is 17.9 Å². The number of aliphatic hydroxyl groups is 1. The third kappa shape index (κ3) is 4.92. The second-order valence-electron chi connectivity index (χ2n) is 7.53. The fraction of sp³-hybridized carbons (Fsp3) is 0.450. The minimum Gasteiger partial charge on any atom is -0.369 e. The first-order valence-corrected chi connectivity index (χ1v) is 11.8. The van der Waals surface area contributed by atoms with Gasteiger partial charge in [-0.3, -0.25) is 0 Å². The lowest BCUT2D eigenvalue weighted by atomic mass is 9.95. The fourth-order valence-corrected chi connectivity index (χ4v) is 5.58. The SMILES string of the molecule is CC#C[C@@H]1CN(S(=O)(=O)C2=CC=CCC2=S)CCN1c1ncc(C(O)(C(F)(F)F)C(F)(F)F)cn1. The zero-order valence-electron chi connectivity index (χ0n) is 17.9. The molecule has 1 atom stereocenters. The van der Waals surface area contributed by atoms with E-state index < -0.39 is 39.6 Å². The molecule has 1 aliphatic carbocycles. The van der Waals surface area contributed by atoms with Crippen molar-refractivity contribution >= 4 is 33.1 Å². The third-order valence-corrected chi connectivity index (χ3v) is 7.83. The van der Waals surface area contributed by atoms with Gasteiger partial charge in [0, 0.05) is 48.9 Å². The Morgan fingerprint density at radius 2 is 1.71 bits per heavy atom. The lowest BCUT2D eigenvalue weighted by Crippen LogP contribution is -2.55. The number of aromatic nitrogens is 2. The standard InChI is InChI=1S/C20H18F6N4O3S2/c1-2-5-14-12-29(35(32,33)16-7-4-3-6-15(16)34)8-9-30(14)17-27-10-13(11-28-17)18(31,19(21,22)23)20(24,25)26/h3-4,7,10-11,14,31H,6,8-9,12H2,1H3/t14-/m1/s1. The predicted octanol–water partition coefficient (Wildman–Crippen LogP) is 2.85. The van der Waals surface area contributed by atoms with E-state index >= 15 is 0 Å². The van der Waals surface area contributed by atoms with E-state index in [1.807, 2.05) is 0 Å². The van der Waals surface area contributed by atoms with Gasteiger partial charge in [0.1, 0.15) is 6.04 Å². The van der Waals surface area contributed by atoms with Gasteiger partial charge in [-0.15, -0.1) is 5.92 Å². The summed E-state index contributed by atoms with van der Waals surface area (Å²) in [6.45, 7) is 1.16. The Balaban J connectivity index is 1.90. The van der Waals surface area contributed by atoms with E-state index in [2.05, 4.69) is 21.8 Å². The van der Waals surface area contributed by atoms with Gasteiger partial charge in [-0.1, -0.05) is 30.3 Å². The topological polar surface area (TPSA) is 86.6 Å². The molecule has 35 heavy (non-hydrogen) atoms. The molecule has 2 aliphatic rings. The second kappa shape index (κ2) is 9.49. The summed E-state index contributed by atoms with van der Waals surface area (Å²) in [6, 6.07) is -0.855. The van der Waals surface area contributed by atoms with Crippen LogP contribution in [-0.4, -0.2) is 70.7 Å². The molecule has 0 bridgehead atoms. The molecule has 7 nitrogen and oxygen atoms in total. The van der Waals surface area contributed by atoms with Crippen LogP contribution in [0.3, 0.4) is 0 Å². The molecule has 1 aliphatic heterocycles. The maximum atomic E-state index is 13.1. The van der Waals surface area contributed by atoms with Crippen LogP contribution in [0.1, 0.15) is 18.9 Å². The summed E-state index contributed by atoms with van der Waals surface area (Å²) in [5, 5.41) is 9.50. The van der Waals surface area contributed by atoms with Crippen LogP contribution < -0.4 is 4.90 Å². The molecule has 0 amide bonds. The van der Waals surface area contributed by atoms with Crippen molar-refractivity contribution in [3.05, 3.63) is 41.1 Å². The molecule has 0 saturated carbocycles. The molecule has 1 N–H and O–H groups in total. The Bertz CT molecular complexity index is 1200. The monoisotopic (exact) mass is 540 g/mol. The summed E-state index contributed by atoms with van der Waals surface area (Å²) in [5.74, 6) is 5.09. The van der Waals surface area contributed by atoms with Gasteiger partial charge < -0.3 is 10.0 Å². The van der Waals surface area contributed by atoms with Crippen LogP contribution in [0, 0.1) is 11.8 Å². The number of anilines is 1. The van der Waals surface area contributed by atoms with E-state index in [1.54, 1.807) is 12.2 Å². The molecule has 1 aromatic heterocycles. The number of hydrogen-bond acceptors (Lipinski definition) is 7. The van der Waals surface area contributed by atoms with Crippen LogP contribution in [0.4, 0.5) is 32.3 Å². The highest BCUT2D eigenvalue weighted by molar-refractivity contribution is 7.96. The van der Waals surface area contributed by atoms with Crippen molar-refractivity contribution in [2.24, 2.45) is 0 Å². The first kappa shape index (κ1) is 27.1. The highest BCUT2D eigenvalue weighted by Crippen LogP contribution is 2.49. The molecule has 15 heteroatoms. The molecule has 1 fully saturated rings. The van der Waals surface area contributed by atoms with Gasteiger partial charge in [-0.2, -0.15) is 30.6 Å². The molecule has 190 valence electrons. The molecule has 0 unspecified atom stereocenters. The van der Waals surface area contributed by atoms with Crippen LogP contribution in [0.2, 0.25) is 0 Å². The Morgan fingerprint density at radius 3 is 2.23 bits per heavy atom. The molecule has 3 rings (SSSR count). The summed E-state index contributed by atoms with van der Waals surface area (Å²) in [6.07, 6.45) is -6.71. The van der Waals surface area contributed by atoms with Gasteiger partial charge in [0.05, 0.1) is 4.91 Å². The van der Waals surface area contributed by atoms with Crippen LogP contribution in [0.25, 0.3) is 0 Å². The smallest absolute Gasteiger partial charge is 0.369 e. The molecular weight excluding hydrogens is 522 g/mol. The Kier molecular flexibility index (Phi) is 7.34. The van der Waals surface area contributed by atoms with Crippen LogP contribution in [-0.2, 0) is 15.6 Å². The lowest BCUT2D eigenvalue weighted by Gasteiger charge is -2.39. The van der Waals surface area contributed by atoms with Gasteiger partial charge in [-0.25, -0.2) is 18.4 Å². The summed E-state index contributed by atoms with van der Waals surface area (Å²) in [4.78, 5) is 8.77. The number of allylic oxidation sites excluding steroid dienone is 4. The van der Waals surface area contributed by atoms with Crippen molar-refractivity contribution in [3.63, 3.8) is 0 Å². The van der Waals surface area contributed by atoms with Gasteiger partial charge in [0.2, 0.25) is 16.0 Å². The average Bonchev–Trinajstić information content (AvgIpc) is 2.77. The quantitative estimate of drug-likeness (QED) is 0.357. The van der Waals surface area contributed by atoms with E-state index in [4.69, 9.17) is 12.2 Å². The second-order valence-corrected chi connectivity index (χ2v) is 9.93. The number of halogens is 6. The summed E-state index contributed by atoms with van der Waals surface area (Å²) >= 11 is 5.16. The molecule has 1 aromatic rings. The van der Waals surface area contributed by atoms with Gasteiger partial charge >= 0.3 is 12.4 Å². The Hall–Kier alpha value is -2.54. The molecule has 1 saturated heterocycles. The number of piperazine rings is 1. The van der Waals surface area contributed by atoms with Gasteiger partial charge in [0.15, 0.2) is 0 Å². The maximum absolute atomic E-state index is 13.1. The minimum absolute atomic E-state index is 0.0224. The molecular formula is C20H18F6N4O3S2. The first-order valence-electron chi connectivity index (χ1n) is 9.92. The van der Waals surface area contributed by atoms with Gasteiger partial charge in [0.25, 0.3) is 5.60 Å². The summed E-state index contributed by atoms with van der Waals surface area (Å²) < 4.78 is 106. The molecule has 2 heterocycles. The highest BCUT2D eigenvalue weighted by Gasteiger charge is 2.71. The summed E-state index contributed by atoms with van der Waals surface area (Å²) in [7, 11) is -3.97. The number of thiocarbonyl (C=S) groups is 1. The van der Waals surface area contributed by atoms with Crippen LogP contribution >= 0.6 is 12.2 Å². The zero-order valence-corrected chi connectivity index (χ0v) is 19.6. The van der Waals surface area contributed by atoms with Crippen molar-refractivity contribution in [2.75, 3.05) is 24.5 Å². The first-order chi connectivity index (χ1) is 16.1. The number of sulfonamides is 1. The largest absolute Gasteiger partial charge is 0.430 e.